The molecule has 1 saturated heterocycles. The van der Waals surface area contributed by atoms with Crippen molar-refractivity contribution in [2.24, 2.45) is 0 Å². The third kappa shape index (κ3) is 3.77. The molecule has 0 radical (unpaired) electrons. The molecule has 7 heteroatoms. The molecule has 2 aliphatic rings. The van der Waals surface area contributed by atoms with E-state index in [0.29, 0.717) is 28.3 Å². The van der Waals surface area contributed by atoms with E-state index in [-0.39, 0.29) is 11.7 Å². The highest BCUT2D eigenvalue weighted by Gasteiger charge is 2.31. The van der Waals surface area contributed by atoms with Gasteiger partial charge in [-0.05, 0) is 37.8 Å². The molecule has 1 saturated carbocycles. The molecule has 26 heavy (non-hydrogen) atoms. The molecular formula is C19H23FN4OS. The molecule has 0 N–H and O–H groups in total. The van der Waals surface area contributed by atoms with Crippen LogP contribution in [-0.2, 0) is 4.79 Å². The molecule has 1 aromatic carbocycles. The number of halogens is 1. The van der Waals surface area contributed by atoms with Gasteiger partial charge in [0.05, 0.1) is 11.3 Å². The number of thioether (sulfide) groups is 1. The fraction of sp³-hybridized carbons (Fsp3) is 0.526. The van der Waals surface area contributed by atoms with Crippen LogP contribution in [0.1, 0.15) is 44.6 Å². The van der Waals surface area contributed by atoms with E-state index in [4.69, 9.17) is 0 Å². The molecule has 2 aromatic rings. The highest BCUT2D eigenvalue weighted by molar-refractivity contribution is 7.99. The van der Waals surface area contributed by atoms with Crippen LogP contribution in [0, 0.1) is 5.82 Å². The van der Waals surface area contributed by atoms with E-state index in [2.05, 4.69) is 10.2 Å². The summed E-state index contributed by atoms with van der Waals surface area (Å²) in [7, 11) is 0. The summed E-state index contributed by atoms with van der Waals surface area (Å²) in [6.07, 6.45) is 6.69. The normalized spacial score (nSPS) is 18.0. The molecule has 1 aliphatic carbocycles. The molecule has 138 valence electrons. The zero-order chi connectivity index (χ0) is 17.9. The SMILES string of the molecule is O=C(CSc1nnc(-c2ccccc2F)n1C1CC1)N1CCCCCC1. The molecule has 1 aromatic heterocycles. The first-order chi connectivity index (χ1) is 12.7. The van der Waals surface area contributed by atoms with Crippen LogP contribution in [0.2, 0.25) is 0 Å². The minimum atomic E-state index is -0.293. The average molecular weight is 374 g/mol. The van der Waals surface area contributed by atoms with Crippen LogP contribution in [0.15, 0.2) is 29.4 Å². The van der Waals surface area contributed by atoms with Gasteiger partial charge in [0.1, 0.15) is 5.82 Å². The van der Waals surface area contributed by atoms with Gasteiger partial charge in [-0.1, -0.05) is 36.7 Å². The minimum absolute atomic E-state index is 0.162. The molecule has 2 heterocycles. The molecule has 0 spiro atoms. The summed E-state index contributed by atoms with van der Waals surface area (Å²) in [4.78, 5) is 14.5. The second kappa shape index (κ2) is 7.78. The highest BCUT2D eigenvalue weighted by Crippen LogP contribution is 2.41. The van der Waals surface area contributed by atoms with E-state index in [1.54, 1.807) is 18.2 Å². The van der Waals surface area contributed by atoms with Gasteiger partial charge >= 0.3 is 0 Å². The number of carbonyl (C=O) groups excluding carboxylic acids is 1. The Kier molecular flexibility index (Phi) is 5.24. The molecule has 5 nitrogen and oxygen atoms in total. The van der Waals surface area contributed by atoms with Crippen LogP contribution in [0.4, 0.5) is 4.39 Å². The van der Waals surface area contributed by atoms with Crippen molar-refractivity contribution in [3.8, 4) is 11.4 Å². The van der Waals surface area contributed by atoms with Crippen LogP contribution in [0.3, 0.4) is 0 Å². The van der Waals surface area contributed by atoms with Crippen molar-refractivity contribution >= 4 is 17.7 Å². The van der Waals surface area contributed by atoms with E-state index in [1.807, 2.05) is 9.47 Å². The van der Waals surface area contributed by atoms with Crippen LogP contribution in [0.25, 0.3) is 11.4 Å². The number of hydrogen-bond acceptors (Lipinski definition) is 4. The molecule has 4 rings (SSSR count). The summed E-state index contributed by atoms with van der Waals surface area (Å²) < 4.78 is 16.2. The van der Waals surface area contributed by atoms with E-state index in [1.165, 1.54) is 30.7 Å². The Hall–Kier alpha value is -1.89. The van der Waals surface area contributed by atoms with Crippen molar-refractivity contribution in [1.82, 2.24) is 19.7 Å². The second-order valence-electron chi connectivity index (χ2n) is 6.97. The van der Waals surface area contributed by atoms with Crippen LogP contribution < -0.4 is 0 Å². The molecule has 0 bridgehead atoms. The predicted molar refractivity (Wildman–Crippen MR) is 99.5 cm³/mol. The van der Waals surface area contributed by atoms with Gasteiger partial charge in [0.25, 0.3) is 0 Å². The average Bonchev–Trinajstić information content (AvgIpc) is 3.45. The summed E-state index contributed by atoms with van der Waals surface area (Å²) in [5, 5.41) is 9.23. The van der Waals surface area contributed by atoms with Crippen molar-refractivity contribution in [2.45, 2.75) is 49.7 Å². The van der Waals surface area contributed by atoms with Crippen LogP contribution in [-0.4, -0.2) is 44.4 Å². The minimum Gasteiger partial charge on any atom is -0.342 e. The maximum atomic E-state index is 14.2. The summed E-state index contributed by atoms with van der Waals surface area (Å²) in [6, 6.07) is 6.97. The molecular weight excluding hydrogens is 351 g/mol. The zero-order valence-corrected chi connectivity index (χ0v) is 15.6. The first kappa shape index (κ1) is 17.5. The highest BCUT2D eigenvalue weighted by atomic mass is 32.2. The fourth-order valence-corrected chi connectivity index (χ4v) is 4.31. The summed E-state index contributed by atoms with van der Waals surface area (Å²) >= 11 is 1.42. The maximum absolute atomic E-state index is 14.2. The van der Waals surface area contributed by atoms with Crippen LogP contribution >= 0.6 is 11.8 Å². The quantitative estimate of drug-likeness (QED) is 0.745. The number of likely N-dealkylation sites (tertiary alicyclic amines) is 1. The second-order valence-corrected chi connectivity index (χ2v) is 7.91. The number of aromatic nitrogens is 3. The van der Waals surface area contributed by atoms with Crippen molar-refractivity contribution in [2.75, 3.05) is 18.8 Å². The predicted octanol–water partition coefficient (Wildman–Crippen LogP) is 3.91. The van der Waals surface area contributed by atoms with Gasteiger partial charge in [-0.15, -0.1) is 10.2 Å². The molecule has 1 amide bonds. The molecule has 1 aliphatic heterocycles. The van der Waals surface area contributed by atoms with E-state index >= 15 is 0 Å². The van der Waals surface area contributed by atoms with E-state index < -0.39 is 0 Å². The van der Waals surface area contributed by atoms with Gasteiger partial charge in [0.15, 0.2) is 11.0 Å². The standard InChI is InChI=1S/C19H23FN4OS/c20-16-8-4-3-7-15(16)18-21-22-19(24(18)14-9-10-14)26-13-17(25)23-11-5-1-2-6-12-23/h3-4,7-8,14H,1-2,5-6,9-13H2. The third-order valence-electron chi connectivity index (χ3n) is 4.97. The molecule has 2 fully saturated rings. The third-order valence-corrected chi connectivity index (χ3v) is 5.90. The largest absolute Gasteiger partial charge is 0.342 e. The topological polar surface area (TPSA) is 51.0 Å². The number of hydrogen-bond donors (Lipinski definition) is 0. The van der Waals surface area contributed by atoms with Gasteiger partial charge in [0, 0.05) is 19.1 Å². The lowest BCUT2D eigenvalue weighted by Gasteiger charge is -2.19. The lowest BCUT2D eigenvalue weighted by molar-refractivity contribution is -0.128. The van der Waals surface area contributed by atoms with Gasteiger partial charge in [0.2, 0.25) is 5.91 Å². The Bertz CT molecular complexity index is 782. The summed E-state index contributed by atoms with van der Waals surface area (Å²) in [5.74, 6) is 0.797. The van der Waals surface area contributed by atoms with Gasteiger partial charge < -0.3 is 4.90 Å². The lowest BCUT2D eigenvalue weighted by atomic mass is 10.2. The zero-order valence-electron chi connectivity index (χ0n) is 14.7. The first-order valence-corrected chi connectivity index (χ1v) is 10.3. The molecule has 0 unspecified atom stereocenters. The number of benzene rings is 1. The number of carbonyl (C=O) groups is 1. The maximum Gasteiger partial charge on any atom is 0.233 e. The Morgan fingerprint density at radius 2 is 1.85 bits per heavy atom. The first-order valence-electron chi connectivity index (χ1n) is 9.34. The molecule has 0 atom stereocenters. The van der Waals surface area contributed by atoms with Gasteiger partial charge in [-0.25, -0.2) is 4.39 Å². The van der Waals surface area contributed by atoms with Crippen molar-refractivity contribution in [3.05, 3.63) is 30.1 Å². The van der Waals surface area contributed by atoms with Crippen molar-refractivity contribution in [3.63, 3.8) is 0 Å². The number of amides is 1. The Morgan fingerprint density at radius 1 is 1.12 bits per heavy atom. The van der Waals surface area contributed by atoms with Crippen LogP contribution in [0.5, 0.6) is 0 Å². The van der Waals surface area contributed by atoms with Gasteiger partial charge in [-0.3, -0.25) is 9.36 Å². The van der Waals surface area contributed by atoms with E-state index in [9.17, 15) is 9.18 Å². The Labute approximate surface area is 157 Å². The van der Waals surface area contributed by atoms with Crippen molar-refractivity contribution in [1.29, 1.82) is 0 Å². The summed E-state index contributed by atoms with van der Waals surface area (Å²) in [5.41, 5.74) is 0.470. The van der Waals surface area contributed by atoms with Gasteiger partial charge in [-0.2, -0.15) is 0 Å². The monoisotopic (exact) mass is 374 g/mol. The Balaban J connectivity index is 1.50. The van der Waals surface area contributed by atoms with Crippen molar-refractivity contribution < 1.29 is 9.18 Å². The lowest BCUT2D eigenvalue weighted by Crippen LogP contribution is -2.33. The fourth-order valence-electron chi connectivity index (χ4n) is 3.40. The smallest absolute Gasteiger partial charge is 0.233 e. The Morgan fingerprint density at radius 3 is 2.54 bits per heavy atom. The summed E-state index contributed by atoms with van der Waals surface area (Å²) in [6.45, 7) is 1.71. The van der Waals surface area contributed by atoms with E-state index in [0.717, 1.165) is 38.8 Å². The number of rotatable bonds is 5. The number of nitrogens with zero attached hydrogens (tertiary/aromatic N) is 4.